The van der Waals surface area contributed by atoms with Gasteiger partial charge in [-0.2, -0.15) is 0 Å². The third-order valence-corrected chi connectivity index (χ3v) is 7.17. The number of benzene rings is 2. The molecule has 1 saturated heterocycles. The molecular weight excluding hydrogens is 432 g/mol. The van der Waals surface area contributed by atoms with Gasteiger partial charge in [-0.3, -0.25) is 14.4 Å². The van der Waals surface area contributed by atoms with Crippen LogP contribution in [0.2, 0.25) is 0 Å². The Morgan fingerprint density at radius 3 is 2.47 bits per heavy atom. The van der Waals surface area contributed by atoms with E-state index in [9.17, 15) is 14.4 Å². The zero-order valence-electron chi connectivity index (χ0n) is 20.0. The van der Waals surface area contributed by atoms with Crippen LogP contribution < -0.4 is 10.1 Å². The average Bonchev–Trinajstić information content (AvgIpc) is 2.79. The number of hydrogen-bond donors (Lipinski definition) is 1. The number of likely N-dealkylation sites (N-methyl/N-ethyl adjacent to an activating group) is 1. The maximum Gasteiger partial charge on any atom is 0.308 e. The fourth-order valence-electron chi connectivity index (χ4n) is 5.80. The molecule has 1 aliphatic carbocycles. The summed E-state index contributed by atoms with van der Waals surface area (Å²) in [7, 11) is 2.04. The molecule has 2 aromatic carbocycles. The highest BCUT2D eigenvalue weighted by molar-refractivity contribution is 5.94. The third kappa shape index (κ3) is 4.71. The number of carbonyl (C=O) groups is 3. The van der Waals surface area contributed by atoms with Crippen molar-refractivity contribution in [2.24, 2.45) is 0 Å². The number of piperidine rings is 1. The lowest BCUT2D eigenvalue weighted by Gasteiger charge is -2.59. The number of ether oxygens (including phenoxy) is 2. The lowest BCUT2D eigenvalue weighted by molar-refractivity contribution is -0.185. The summed E-state index contributed by atoms with van der Waals surface area (Å²) in [4.78, 5) is 39.0. The van der Waals surface area contributed by atoms with Crippen LogP contribution in [0, 0.1) is 0 Å². The first-order valence-electron chi connectivity index (χ1n) is 11.8. The molecule has 1 aliphatic heterocycles. The molecular formula is C27H32N2O5. The summed E-state index contributed by atoms with van der Waals surface area (Å²) in [6.07, 6.45) is 2.69. The Labute approximate surface area is 200 Å². The predicted molar refractivity (Wildman–Crippen MR) is 128 cm³/mol. The van der Waals surface area contributed by atoms with Gasteiger partial charge >= 0.3 is 11.9 Å². The van der Waals surface area contributed by atoms with Gasteiger partial charge in [0, 0.05) is 37.4 Å². The van der Waals surface area contributed by atoms with Gasteiger partial charge in [0.05, 0.1) is 0 Å². The van der Waals surface area contributed by atoms with E-state index in [0.29, 0.717) is 37.1 Å². The highest BCUT2D eigenvalue weighted by atomic mass is 16.6. The summed E-state index contributed by atoms with van der Waals surface area (Å²) >= 11 is 0. The van der Waals surface area contributed by atoms with Crippen LogP contribution in [-0.2, 0) is 19.7 Å². The van der Waals surface area contributed by atoms with Gasteiger partial charge in [-0.05, 0) is 69.1 Å². The standard InChI is InChI=1S/C27H32N2O5/c1-19(30)33-24-11-7-10-22(16-24)26-14-15-29(3)18-27(26,34-20(2)31)13-12-23(17-26)28-25(32)21-8-5-4-6-9-21/h4-11,16,23H,12-15,17-18H2,1-3H3,(H,28,32)/t23-,26?,27?/m1/s1. The van der Waals surface area contributed by atoms with Crippen molar-refractivity contribution in [2.75, 3.05) is 20.1 Å². The summed E-state index contributed by atoms with van der Waals surface area (Å²) in [6, 6.07) is 16.6. The molecule has 34 heavy (non-hydrogen) atoms. The fraction of sp³-hybridized carbons (Fsp3) is 0.444. The van der Waals surface area contributed by atoms with E-state index in [2.05, 4.69) is 10.2 Å². The summed E-state index contributed by atoms with van der Waals surface area (Å²) in [5.41, 5.74) is 0.302. The number of carbonyl (C=O) groups excluding carboxylic acids is 3. The number of amides is 1. The van der Waals surface area contributed by atoms with E-state index < -0.39 is 11.0 Å². The number of nitrogens with one attached hydrogen (secondary N) is 1. The van der Waals surface area contributed by atoms with Gasteiger partial charge in [-0.25, -0.2) is 0 Å². The molecule has 180 valence electrons. The highest BCUT2D eigenvalue weighted by Crippen LogP contribution is 2.54. The summed E-state index contributed by atoms with van der Waals surface area (Å²) in [6.45, 7) is 4.25. The van der Waals surface area contributed by atoms with Crippen molar-refractivity contribution >= 4 is 17.8 Å². The number of esters is 2. The van der Waals surface area contributed by atoms with Crippen LogP contribution in [0.5, 0.6) is 5.75 Å². The quantitative estimate of drug-likeness (QED) is 0.539. The van der Waals surface area contributed by atoms with Crippen LogP contribution in [0.3, 0.4) is 0 Å². The van der Waals surface area contributed by atoms with Crippen molar-refractivity contribution in [3.05, 3.63) is 65.7 Å². The number of hydrogen-bond acceptors (Lipinski definition) is 6. The van der Waals surface area contributed by atoms with Gasteiger partial charge in [-0.1, -0.05) is 30.3 Å². The first-order chi connectivity index (χ1) is 16.2. The van der Waals surface area contributed by atoms with Crippen molar-refractivity contribution in [3.63, 3.8) is 0 Å². The van der Waals surface area contributed by atoms with Crippen molar-refractivity contribution in [1.29, 1.82) is 0 Å². The molecule has 7 nitrogen and oxygen atoms in total. The number of rotatable bonds is 5. The summed E-state index contributed by atoms with van der Waals surface area (Å²) in [5.74, 6) is -0.351. The maximum absolute atomic E-state index is 12.9. The molecule has 0 spiro atoms. The van der Waals surface area contributed by atoms with Crippen molar-refractivity contribution < 1.29 is 23.9 Å². The van der Waals surface area contributed by atoms with Crippen LogP contribution in [0.15, 0.2) is 54.6 Å². The lowest BCUT2D eigenvalue weighted by Crippen LogP contribution is -2.68. The van der Waals surface area contributed by atoms with Gasteiger partial charge in [0.25, 0.3) is 5.91 Å². The molecule has 1 heterocycles. The molecule has 7 heteroatoms. The minimum atomic E-state index is -0.741. The highest BCUT2D eigenvalue weighted by Gasteiger charge is 2.60. The maximum atomic E-state index is 12.9. The lowest BCUT2D eigenvalue weighted by atomic mass is 9.55. The predicted octanol–water partition coefficient (Wildman–Crippen LogP) is 3.47. The Bertz CT molecular complexity index is 1070. The van der Waals surface area contributed by atoms with E-state index in [1.807, 2.05) is 43.4 Å². The first kappa shape index (κ1) is 24.0. The molecule has 0 radical (unpaired) electrons. The van der Waals surface area contributed by atoms with E-state index >= 15 is 0 Å². The average molecular weight is 465 g/mol. The largest absolute Gasteiger partial charge is 0.457 e. The monoisotopic (exact) mass is 464 g/mol. The second-order valence-electron chi connectivity index (χ2n) is 9.56. The number of nitrogens with zero attached hydrogens (tertiary/aromatic N) is 1. The molecule has 1 saturated carbocycles. The Morgan fingerprint density at radius 1 is 1.00 bits per heavy atom. The van der Waals surface area contributed by atoms with Gasteiger partial charge in [-0.15, -0.1) is 0 Å². The Hall–Kier alpha value is -3.19. The molecule has 2 unspecified atom stereocenters. The van der Waals surface area contributed by atoms with E-state index in [4.69, 9.17) is 9.47 Å². The van der Waals surface area contributed by atoms with Crippen LogP contribution >= 0.6 is 0 Å². The minimum absolute atomic E-state index is 0.0859. The van der Waals surface area contributed by atoms with Gasteiger partial charge in [0.15, 0.2) is 0 Å². The van der Waals surface area contributed by atoms with Gasteiger partial charge in [0.1, 0.15) is 11.4 Å². The van der Waals surface area contributed by atoms with E-state index in [1.54, 1.807) is 18.2 Å². The van der Waals surface area contributed by atoms with E-state index in [1.165, 1.54) is 13.8 Å². The molecule has 2 aliphatic rings. The summed E-state index contributed by atoms with van der Waals surface area (Å²) < 4.78 is 11.5. The van der Waals surface area contributed by atoms with Crippen LogP contribution in [0.1, 0.15) is 55.5 Å². The Balaban J connectivity index is 1.73. The Kier molecular flexibility index (Phi) is 6.75. The van der Waals surface area contributed by atoms with Crippen LogP contribution in [0.25, 0.3) is 0 Å². The SMILES string of the molecule is CC(=O)Oc1cccc(C23CCN(C)CC2(OC(C)=O)CC[C@@H](NC(=O)c2ccccc2)C3)c1. The second kappa shape index (κ2) is 9.58. The molecule has 2 fully saturated rings. The second-order valence-corrected chi connectivity index (χ2v) is 9.56. The van der Waals surface area contributed by atoms with Crippen LogP contribution in [0.4, 0.5) is 0 Å². The Morgan fingerprint density at radius 2 is 1.76 bits per heavy atom. The van der Waals surface area contributed by atoms with Crippen LogP contribution in [-0.4, -0.2) is 54.5 Å². The van der Waals surface area contributed by atoms with Crippen molar-refractivity contribution in [3.8, 4) is 5.75 Å². The van der Waals surface area contributed by atoms with Crippen molar-refractivity contribution in [2.45, 2.75) is 56.6 Å². The zero-order chi connectivity index (χ0) is 24.3. The molecule has 3 atom stereocenters. The minimum Gasteiger partial charge on any atom is -0.457 e. The number of likely N-dealkylation sites (tertiary alicyclic amines) is 1. The van der Waals surface area contributed by atoms with Crippen molar-refractivity contribution in [1.82, 2.24) is 10.2 Å². The molecule has 2 aromatic rings. The third-order valence-electron chi connectivity index (χ3n) is 7.17. The molecule has 0 aromatic heterocycles. The summed E-state index contributed by atoms with van der Waals surface area (Å²) in [5, 5.41) is 3.21. The fourth-order valence-corrected chi connectivity index (χ4v) is 5.80. The molecule has 1 amide bonds. The zero-order valence-corrected chi connectivity index (χ0v) is 20.0. The first-order valence-corrected chi connectivity index (χ1v) is 11.8. The van der Waals surface area contributed by atoms with Gasteiger partial charge < -0.3 is 19.7 Å². The topological polar surface area (TPSA) is 84.9 Å². The molecule has 4 rings (SSSR count). The van der Waals surface area contributed by atoms with Gasteiger partial charge in [0.2, 0.25) is 0 Å². The van der Waals surface area contributed by atoms with E-state index in [0.717, 1.165) is 18.5 Å². The molecule has 0 bridgehead atoms. The van der Waals surface area contributed by atoms with E-state index in [-0.39, 0.29) is 23.9 Å². The number of fused-ring (bicyclic) bond motifs is 1. The smallest absolute Gasteiger partial charge is 0.308 e. The normalized spacial score (nSPS) is 26.7. The molecule has 1 N–H and O–H groups in total.